The van der Waals surface area contributed by atoms with Crippen LogP contribution in [0.25, 0.3) is 0 Å². The predicted molar refractivity (Wildman–Crippen MR) is 107 cm³/mol. The van der Waals surface area contributed by atoms with Crippen molar-refractivity contribution in [2.75, 3.05) is 52.9 Å². The summed E-state index contributed by atoms with van der Waals surface area (Å²) in [4.78, 5) is 0. The lowest BCUT2D eigenvalue weighted by atomic mass is 10.3. The van der Waals surface area contributed by atoms with E-state index in [4.69, 9.17) is 51.6 Å². The second-order valence-corrected chi connectivity index (χ2v) is 6.67. The number of rotatable bonds is 0. The molecule has 152 valence electrons. The molecular weight excluding hydrogens is 407 g/mol. The van der Waals surface area contributed by atoms with Crippen LogP contribution in [0, 0.1) is 0 Å². The molecule has 0 amide bonds. The largest absolute Gasteiger partial charge is 0.487 e. The minimum absolute atomic E-state index is 0.364. The van der Waals surface area contributed by atoms with Crippen LogP contribution in [0.15, 0.2) is 36.4 Å². The molecular formula is C20H22Cl2O6. The van der Waals surface area contributed by atoms with E-state index in [0.29, 0.717) is 85.9 Å². The maximum absolute atomic E-state index is 6.04. The summed E-state index contributed by atoms with van der Waals surface area (Å²) >= 11 is 12.1. The van der Waals surface area contributed by atoms with Crippen LogP contribution in [-0.4, -0.2) is 52.9 Å². The average Bonchev–Trinajstić information content (AvgIpc) is 2.68. The van der Waals surface area contributed by atoms with Gasteiger partial charge in [-0.3, -0.25) is 0 Å². The first-order valence-electron chi connectivity index (χ1n) is 8.98. The first-order chi connectivity index (χ1) is 13.7. The van der Waals surface area contributed by atoms with Crippen molar-refractivity contribution in [2.45, 2.75) is 0 Å². The molecule has 0 fully saturated rings. The molecule has 28 heavy (non-hydrogen) atoms. The highest BCUT2D eigenvalue weighted by atomic mass is 35.5. The number of halogens is 2. The van der Waals surface area contributed by atoms with Crippen LogP contribution in [-0.2, 0) is 9.47 Å². The van der Waals surface area contributed by atoms with E-state index in [-0.39, 0.29) is 0 Å². The molecule has 0 N–H and O–H groups in total. The predicted octanol–water partition coefficient (Wildman–Crippen LogP) is 4.26. The van der Waals surface area contributed by atoms with Crippen LogP contribution in [0.5, 0.6) is 23.0 Å². The summed E-state index contributed by atoms with van der Waals surface area (Å²) in [6.07, 6.45) is 0. The lowest BCUT2D eigenvalue weighted by Gasteiger charge is -2.15. The Kier molecular flexibility index (Phi) is 8.36. The molecule has 0 saturated heterocycles. The van der Waals surface area contributed by atoms with Crippen LogP contribution < -0.4 is 18.9 Å². The second-order valence-electron chi connectivity index (χ2n) is 5.80. The van der Waals surface area contributed by atoms with Gasteiger partial charge in [0.25, 0.3) is 0 Å². The fourth-order valence-electron chi connectivity index (χ4n) is 2.47. The number of fused-ring (bicyclic) bond motifs is 2. The zero-order valence-electron chi connectivity index (χ0n) is 15.3. The normalized spacial score (nSPS) is 16.6. The number of hydrogen-bond donors (Lipinski definition) is 0. The van der Waals surface area contributed by atoms with E-state index < -0.39 is 0 Å². The molecule has 0 radical (unpaired) electrons. The maximum Gasteiger partial charge on any atom is 0.162 e. The van der Waals surface area contributed by atoms with Gasteiger partial charge in [0.05, 0.1) is 26.4 Å². The second kappa shape index (κ2) is 11.2. The van der Waals surface area contributed by atoms with Crippen LogP contribution in [0.3, 0.4) is 0 Å². The van der Waals surface area contributed by atoms with Gasteiger partial charge in [0, 0.05) is 22.2 Å². The highest BCUT2D eigenvalue weighted by Gasteiger charge is 2.09. The third-order valence-corrected chi connectivity index (χ3v) is 4.22. The number of hydrogen-bond acceptors (Lipinski definition) is 6. The van der Waals surface area contributed by atoms with Crippen LogP contribution in [0.4, 0.5) is 0 Å². The Labute approximate surface area is 174 Å². The minimum atomic E-state index is 0.364. The van der Waals surface area contributed by atoms with Gasteiger partial charge in [-0.25, -0.2) is 0 Å². The van der Waals surface area contributed by atoms with Crippen molar-refractivity contribution < 1.29 is 28.4 Å². The Balaban J connectivity index is 1.60. The Bertz CT molecular complexity index is 692. The molecule has 2 aromatic carbocycles. The van der Waals surface area contributed by atoms with Crippen LogP contribution >= 0.6 is 23.2 Å². The molecule has 2 aromatic rings. The standard InChI is InChI=1S/C20H22Cl2O6/c21-15-1-3-17-19(13-15)27-11-7-24-6-10-26-18-4-2-16(22)14-20(18)28-12-8-23-5-9-25-17/h1-4,13-14H,5-12H2. The summed E-state index contributed by atoms with van der Waals surface area (Å²) in [6, 6.07) is 10.5. The number of benzene rings is 2. The van der Waals surface area contributed by atoms with Crippen molar-refractivity contribution in [2.24, 2.45) is 0 Å². The van der Waals surface area contributed by atoms with Crippen LogP contribution in [0.1, 0.15) is 0 Å². The molecule has 0 saturated carbocycles. The first kappa shape index (κ1) is 20.9. The molecule has 1 aliphatic heterocycles. The molecule has 6 nitrogen and oxygen atoms in total. The average molecular weight is 429 g/mol. The van der Waals surface area contributed by atoms with Gasteiger partial charge in [-0.05, 0) is 24.3 Å². The van der Waals surface area contributed by atoms with E-state index in [1.807, 2.05) is 0 Å². The summed E-state index contributed by atoms with van der Waals surface area (Å²) in [5, 5.41) is 1.15. The molecule has 0 aromatic heterocycles. The Hall–Kier alpha value is -1.86. The van der Waals surface area contributed by atoms with Gasteiger partial charge < -0.3 is 28.4 Å². The van der Waals surface area contributed by atoms with E-state index >= 15 is 0 Å². The third kappa shape index (κ3) is 6.63. The summed E-state index contributed by atoms with van der Waals surface area (Å²) in [6.45, 7) is 3.11. The lowest BCUT2D eigenvalue weighted by molar-refractivity contribution is 0.0640. The zero-order chi connectivity index (χ0) is 19.6. The summed E-state index contributed by atoms with van der Waals surface area (Å²) < 4.78 is 34.0. The Morgan fingerprint density at radius 2 is 0.821 bits per heavy atom. The van der Waals surface area contributed by atoms with Gasteiger partial charge in [-0.1, -0.05) is 23.2 Å². The highest BCUT2D eigenvalue weighted by molar-refractivity contribution is 6.31. The SMILES string of the molecule is Clc1ccc2c(c1)OCCOCCOc1ccc(Cl)cc1OCCOCCO2. The molecule has 0 atom stereocenters. The highest BCUT2D eigenvalue weighted by Crippen LogP contribution is 2.31. The smallest absolute Gasteiger partial charge is 0.162 e. The summed E-state index contributed by atoms with van der Waals surface area (Å²) in [5.41, 5.74) is 0. The van der Waals surface area contributed by atoms with E-state index in [9.17, 15) is 0 Å². The lowest BCUT2D eigenvalue weighted by Crippen LogP contribution is -2.15. The summed E-state index contributed by atoms with van der Waals surface area (Å²) in [5.74, 6) is 2.36. The fourth-order valence-corrected chi connectivity index (χ4v) is 2.80. The zero-order valence-corrected chi connectivity index (χ0v) is 16.8. The van der Waals surface area contributed by atoms with E-state index in [1.165, 1.54) is 0 Å². The van der Waals surface area contributed by atoms with Crippen LogP contribution in [0.2, 0.25) is 10.0 Å². The van der Waals surface area contributed by atoms with Crippen molar-refractivity contribution in [3.05, 3.63) is 46.4 Å². The maximum atomic E-state index is 6.04. The van der Waals surface area contributed by atoms with Gasteiger partial charge in [0.1, 0.15) is 26.4 Å². The molecule has 0 unspecified atom stereocenters. The number of ether oxygens (including phenoxy) is 6. The molecule has 1 heterocycles. The molecule has 0 bridgehead atoms. The minimum Gasteiger partial charge on any atom is -0.487 e. The van der Waals surface area contributed by atoms with Crippen molar-refractivity contribution in [3.8, 4) is 23.0 Å². The molecule has 0 spiro atoms. The fraction of sp³-hybridized carbons (Fsp3) is 0.400. The van der Waals surface area contributed by atoms with E-state index in [0.717, 1.165) is 0 Å². The van der Waals surface area contributed by atoms with Crippen molar-refractivity contribution in [1.29, 1.82) is 0 Å². The Morgan fingerprint density at radius 3 is 1.21 bits per heavy atom. The van der Waals surface area contributed by atoms with Gasteiger partial charge in [-0.15, -0.1) is 0 Å². The van der Waals surface area contributed by atoms with Crippen molar-refractivity contribution in [1.82, 2.24) is 0 Å². The topological polar surface area (TPSA) is 55.4 Å². The monoisotopic (exact) mass is 428 g/mol. The quantitative estimate of drug-likeness (QED) is 0.624. The van der Waals surface area contributed by atoms with Gasteiger partial charge in [-0.2, -0.15) is 0 Å². The Morgan fingerprint density at radius 1 is 0.464 bits per heavy atom. The third-order valence-electron chi connectivity index (χ3n) is 3.75. The van der Waals surface area contributed by atoms with E-state index in [1.54, 1.807) is 36.4 Å². The van der Waals surface area contributed by atoms with Gasteiger partial charge in [0.2, 0.25) is 0 Å². The van der Waals surface area contributed by atoms with Gasteiger partial charge >= 0.3 is 0 Å². The molecule has 0 aliphatic carbocycles. The van der Waals surface area contributed by atoms with Crippen molar-refractivity contribution in [3.63, 3.8) is 0 Å². The van der Waals surface area contributed by atoms with Gasteiger partial charge in [0.15, 0.2) is 23.0 Å². The molecule has 3 rings (SSSR count). The molecule has 1 aliphatic rings. The first-order valence-corrected chi connectivity index (χ1v) is 9.74. The molecule has 8 heteroatoms. The summed E-state index contributed by atoms with van der Waals surface area (Å²) in [7, 11) is 0. The van der Waals surface area contributed by atoms with E-state index in [2.05, 4.69) is 0 Å². The van der Waals surface area contributed by atoms with Crippen molar-refractivity contribution >= 4 is 23.2 Å².